The standard InChI is InChI=1S/C22H27ClO2/c1-2-3-4-8-15-25-22-12-11-19(21(24)13-14-23)17-20(22)16-18-9-6-5-7-10-18/h5-7,9-12,17H,2-4,8,13-16H2,1H3. The fourth-order valence-corrected chi connectivity index (χ4v) is 2.96. The highest BCUT2D eigenvalue weighted by Crippen LogP contribution is 2.24. The number of alkyl halides is 1. The first-order valence-electron chi connectivity index (χ1n) is 9.13. The molecule has 0 aromatic heterocycles. The van der Waals surface area contributed by atoms with Crippen LogP contribution in [0.2, 0.25) is 0 Å². The molecule has 2 aromatic carbocycles. The van der Waals surface area contributed by atoms with Crippen molar-refractivity contribution in [2.24, 2.45) is 0 Å². The van der Waals surface area contributed by atoms with Crippen LogP contribution in [0.15, 0.2) is 48.5 Å². The summed E-state index contributed by atoms with van der Waals surface area (Å²) in [6.07, 6.45) is 5.84. The second-order valence-electron chi connectivity index (χ2n) is 6.26. The lowest BCUT2D eigenvalue weighted by molar-refractivity contribution is 0.0989. The van der Waals surface area contributed by atoms with Crippen molar-refractivity contribution in [3.05, 3.63) is 65.2 Å². The van der Waals surface area contributed by atoms with Gasteiger partial charge in [0.05, 0.1) is 6.61 Å². The SMILES string of the molecule is CCCCCCOc1ccc(C(=O)CCCl)cc1Cc1ccccc1. The average molecular weight is 359 g/mol. The first kappa shape index (κ1) is 19.5. The molecule has 0 amide bonds. The average Bonchev–Trinajstić information content (AvgIpc) is 2.63. The van der Waals surface area contributed by atoms with Crippen molar-refractivity contribution in [3.8, 4) is 5.75 Å². The van der Waals surface area contributed by atoms with Gasteiger partial charge >= 0.3 is 0 Å². The number of carbonyl (C=O) groups excluding carboxylic acids is 1. The van der Waals surface area contributed by atoms with Gasteiger partial charge in [-0.05, 0) is 35.7 Å². The molecule has 134 valence electrons. The molecule has 0 aliphatic heterocycles. The van der Waals surface area contributed by atoms with Crippen LogP contribution in [0.1, 0.15) is 60.5 Å². The predicted molar refractivity (Wildman–Crippen MR) is 105 cm³/mol. The van der Waals surface area contributed by atoms with Gasteiger partial charge in [0.15, 0.2) is 5.78 Å². The lowest BCUT2D eigenvalue weighted by Crippen LogP contribution is -2.05. The number of ether oxygens (including phenoxy) is 1. The van der Waals surface area contributed by atoms with Crippen LogP contribution < -0.4 is 4.74 Å². The summed E-state index contributed by atoms with van der Waals surface area (Å²) >= 11 is 5.71. The van der Waals surface area contributed by atoms with E-state index in [1.807, 2.05) is 36.4 Å². The Morgan fingerprint density at radius 3 is 2.56 bits per heavy atom. The second kappa shape index (κ2) is 10.9. The highest BCUT2D eigenvalue weighted by atomic mass is 35.5. The fourth-order valence-electron chi connectivity index (χ4n) is 2.79. The van der Waals surface area contributed by atoms with Gasteiger partial charge in [0, 0.05) is 24.3 Å². The minimum atomic E-state index is 0.0822. The molecule has 0 bridgehead atoms. The Balaban J connectivity index is 2.14. The van der Waals surface area contributed by atoms with Gasteiger partial charge in [-0.15, -0.1) is 11.6 Å². The lowest BCUT2D eigenvalue weighted by Gasteiger charge is -2.13. The van der Waals surface area contributed by atoms with E-state index in [0.29, 0.717) is 17.9 Å². The molecule has 0 unspecified atom stereocenters. The van der Waals surface area contributed by atoms with Gasteiger partial charge in [-0.2, -0.15) is 0 Å². The third-order valence-electron chi connectivity index (χ3n) is 4.20. The number of unbranched alkanes of at least 4 members (excludes halogenated alkanes) is 3. The molecule has 0 aliphatic carbocycles. The van der Waals surface area contributed by atoms with E-state index < -0.39 is 0 Å². The molecule has 0 spiro atoms. The predicted octanol–water partition coefficient (Wildman–Crippen LogP) is 6.05. The monoisotopic (exact) mass is 358 g/mol. The van der Waals surface area contributed by atoms with Gasteiger partial charge in [0.1, 0.15) is 5.75 Å². The van der Waals surface area contributed by atoms with E-state index >= 15 is 0 Å². The number of ketones is 1. The Hall–Kier alpha value is -1.80. The minimum Gasteiger partial charge on any atom is -0.493 e. The van der Waals surface area contributed by atoms with Gasteiger partial charge in [-0.25, -0.2) is 0 Å². The van der Waals surface area contributed by atoms with Crippen molar-refractivity contribution < 1.29 is 9.53 Å². The number of rotatable bonds is 11. The minimum absolute atomic E-state index is 0.0822. The van der Waals surface area contributed by atoms with Crippen molar-refractivity contribution in [2.75, 3.05) is 12.5 Å². The summed E-state index contributed by atoms with van der Waals surface area (Å²) in [6, 6.07) is 16.0. The van der Waals surface area contributed by atoms with E-state index in [-0.39, 0.29) is 5.78 Å². The quantitative estimate of drug-likeness (QED) is 0.278. The Morgan fingerprint density at radius 1 is 1.04 bits per heavy atom. The fraction of sp³-hybridized carbons (Fsp3) is 0.409. The summed E-state index contributed by atoms with van der Waals surface area (Å²) in [5.74, 6) is 1.31. The highest BCUT2D eigenvalue weighted by molar-refractivity contribution is 6.19. The molecule has 0 heterocycles. The molecule has 0 atom stereocenters. The summed E-state index contributed by atoms with van der Waals surface area (Å²) < 4.78 is 6.01. The van der Waals surface area contributed by atoms with E-state index in [2.05, 4.69) is 19.1 Å². The molecule has 25 heavy (non-hydrogen) atoms. The third-order valence-corrected chi connectivity index (χ3v) is 4.39. The molecule has 0 saturated heterocycles. The van der Waals surface area contributed by atoms with Gasteiger partial charge in [-0.1, -0.05) is 56.5 Å². The lowest BCUT2D eigenvalue weighted by atomic mass is 9.99. The Bertz CT molecular complexity index is 652. The van der Waals surface area contributed by atoms with E-state index in [1.165, 1.54) is 24.8 Å². The molecule has 0 fully saturated rings. The molecule has 0 saturated carbocycles. The number of hydrogen-bond donors (Lipinski definition) is 0. The number of hydrogen-bond acceptors (Lipinski definition) is 2. The van der Waals surface area contributed by atoms with E-state index in [0.717, 1.165) is 30.8 Å². The summed E-state index contributed by atoms with van der Waals surface area (Å²) in [6.45, 7) is 2.92. The van der Waals surface area contributed by atoms with E-state index in [1.54, 1.807) is 0 Å². The molecule has 3 heteroatoms. The molecule has 2 aromatic rings. The van der Waals surface area contributed by atoms with E-state index in [9.17, 15) is 4.79 Å². The van der Waals surface area contributed by atoms with Crippen molar-refractivity contribution in [2.45, 2.75) is 45.4 Å². The van der Waals surface area contributed by atoms with Crippen LogP contribution in [-0.4, -0.2) is 18.3 Å². The third kappa shape index (κ3) is 6.55. The van der Waals surface area contributed by atoms with Crippen LogP contribution in [0.4, 0.5) is 0 Å². The maximum atomic E-state index is 12.2. The van der Waals surface area contributed by atoms with Crippen molar-refractivity contribution in [3.63, 3.8) is 0 Å². The Morgan fingerprint density at radius 2 is 1.84 bits per heavy atom. The molecule has 0 aliphatic rings. The molecular weight excluding hydrogens is 332 g/mol. The molecule has 2 rings (SSSR count). The zero-order valence-corrected chi connectivity index (χ0v) is 15.7. The second-order valence-corrected chi connectivity index (χ2v) is 6.63. The number of benzene rings is 2. The topological polar surface area (TPSA) is 26.3 Å². The summed E-state index contributed by atoms with van der Waals surface area (Å²) in [5.41, 5.74) is 2.98. The zero-order valence-electron chi connectivity index (χ0n) is 15.0. The van der Waals surface area contributed by atoms with Crippen LogP contribution in [0, 0.1) is 0 Å². The smallest absolute Gasteiger partial charge is 0.164 e. The number of halogens is 1. The summed E-state index contributed by atoms with van der Waals surface area (Å²) in [7, 11) is 0. The summed E-state index contributed by atoms with van der Waals surface area (Å²) in [5, 5.41) is 0. The van der Waals surface area contributed by atoms with Crippen LogP contribution >= 0.6 is 11.6 Å². The first-order valence-corrected chi connectivity index (χ1v) is 9.67. The van der Waals surface area contributed by atoms with Crippen LogP contribution in [0.3, 0.4) is 0 Å². The maximum absolute atomic E-state index is 12.2. The maximum Gasteiger partial charge on any atom is 0.164 e. The van der Waals surface area contributed by atoms with Crippen molar-refractivity contribution >= 4 is 17.4 Å². The highest BCUT2D eigenvalue weighted by Gasteiger charge is 2.11. The number of Topliss-reactive ketones (excluding diaryl/α,β-unsaturated/α-hetero) is 1. The van der Waals surface area contributed by atoms with Gasteiger partial charge in [0.2, 0.25) is 0 Å². The molecule has 2 nitrogen and oxygen atoms in total. The molecular formula is C22H27ClO2. The van der Waals surface area contributed by atoms with Crippen molar-refractivity contribution in [1.29, 1.82) is 0 Å². The van der Waals surface area contributed by atoms with Gasteiger partial charge < -0.3 is 4.74 Å². The Labute approximate surface area is 156 Å². The van der Waals surface area contributed by atoms with Crippen LogP contribution in [0.25, 0.3) is 0 Å². The summed E-state index contributed by atoms with van der Waals surface area (Å²) in [4.78, 5) is 12.2. The number of carbonyl (C=O) groups is 1. The van der Waals surface area contributed by atoms with Gasteiger partial charge in [0.25, 0.3) is 0 Å². The van der Waals surface area contributed by atoms with Crippen LogP contribution in [-0.2, 0) is 6.42 Å². The van der Waals surface area contributed by atoms with Crippen LogP contribution in [0.5, 0.6) is 5.75 Å². The molecule has 0 N–H and O–H groups in total. The van der Waals surface area contributed by atoms with Crippen molar-refractivity contribution in [1.82, 2.24) is 0 Å². The zero-order chi connectivity index (χ0) is 17.9. The normalized spacial score (nSPS) is 10.6. The Kier molecular flexibility index (Phi) is 8.54. The van der Waals surface area contributed by atoms with Gasteiger partial charge in [-0.3, -0.25) is 4.79 Å². The largest absolute Gasteiger partial charge is 0.493 e. The molecule has 0 radical (unpaired) electrons. The van der Waals surface area contributed by atoms with E-state index in [4.69, 9.17) is 16.3 Å². The first-order chi connectivity index (χ1) is 12.2.